The Morgan fingerprint density at radius 1 is 1.32 bits per heavy atom. The Morgan fingerprint density at radius 2 is 2.09 bits per heavy atom. The maximum Gasteiger partial charge on any atom is 0.350 e. The van der Waals surface area contributed by atoms with E-state index in [0.717, 1.165) is 44.6 Å². The molecule has 122 valence electrons. The van der Waals surface area contributed by atoms with E-state index in [9.17, 15) is 9.59 Å². The molecule has 3 heterocycles. The number of hydrogen-bond donors (Lipinski definition) is 0. The van der Waals surface area contributed by atoms with Crippen molar-refractivity contribution in [3.63, 3.8) is 0 Å². The predicted octanol–water partition coefficient (Wildman–Crippen LogP) is 2.53. The number of carbonyl (C=O) groups excluding carboxylic acids is 2. The highest BCUT2D eigenvalue weighted by Crippen LogP contribution is 2.42. The number of hydrogen-bond acceptors (Lipinski definition) is 5. The lowest BCUT2D eigenvalue weighted by molar-refractivity contribution is -0.194. The van der Waals surface area contributed by atoms with Gasteiger partial charge in [0.1, 0.15) is 0 Å². The quantitative estimate of drug-likeness (QED) is 0.590. The van der Waals surface area contributed by atoms with Crippen LogP contribution >= 0.6 is 0 Å². The Hall–Kier alpha value is -1.36. The topological polar surface area (TPSA) is 61.8 Å². The summed E-state index contributed by atoms with van der Waals surface area (Å²) in [5.74, 6) is -0.537. The maximum absolute atomic E-state index is 12.5. The van der Waals surface area contributed by atoms with Crippen LogP contribution in [-0.4, -0.2) is 36.4 Å². The molecule has 1 saturated carbocycles. The van der Waals surface area contributed by atoms with E-state index in [1.54, 1.807) is 0 Å². The average molecular weight is 308 g/mol. The second-order valence-electron chi connectivity index (χ2n) is 6.63. The van der Waals surface area contributed by atoms with Gasteiger partial charge in [0, 0.05) is 12.5 Å². The van der Waals surface area contributed by atoms with E-state index in [4.69, 9.17) is 14.2 Å². The molecular weight excluding hydrogens is 284 g/mol. The Morgan fingerprint density at radius 3 is 2.73 bits per heavy atom. The number of rotatable bonds is 4. The van der Waals surface area contributed by atoms with Crippen LogP contribution in [0.2, 0.25) is 0 Å². The minimum Gasteiger partial charge on any atom is -0.463 e. The number of carbonyl (C=O) groups is 2. The molecule has 0 aromatic rings. The summed E-state index contributed by atoms with van der Waals surface area (Å²) in [5.41, 5.74) is -1.20. The van der Waals surface area contributed by atoms with Crippen LogP contribution in [0.25, 0.3) is 0 Å². The fourth-order valence-corrected chi connectivity index (χ4v) is 3.96. The molecule has 2 bridgehead atoms. The van der Waals surface area contributed by atoms with Gasteiger partial charge in [0.2, 0.25) is 5.60 Å². The van der Waals surface area contributed by atoms with Gasteiger partial charge in [-0.2, -0.15) is 0 Å². The molecule has 4 aliphatic rings. The Balaban J connectivity index is 1.79. The largest absolute Gasteiger partial charge is 0.463 e. The molecule has 1 aliphatic carbocycles. The minimum atomic E-state index is -1.20. The van der Waals surface area contributed by atoms with Crippen LogP contribution in [0.5, 0.6) is 0 Å². The van der Waals surface area contributed by atoms with Gasteiger partial charge in [-0.05, 0) is 50.9 Å². The third-order valence-corrected chi connectivity index (χ3v) is 5.19. The Kier molecular flexibility index (Phi) is 4.52. The molecule has 4 fully saturated rings. The van der Waals surface area contributed by atoms with E-state index in [1.165, 1.54) is 0 Å². The van der Waals surface area contributed by atoms with Crippen molar-refractivity contribution in [2.45, 2.75) is 69.2 Å². The molecule has 2 unspecified atom stereocenters. The fourth-order valence-electron chi connectivity index (χ4n) is 3.96. The first-order valence-electron chi connectivity index (χ1n) is 8.31. The first-order valence-corrected chi connectivity index (χ1v) is 8.31. The highest BCUT2D eigenvalue weighted by atomic mass is 16.6. The summed E-state index contributed by atoms with van der Waals surface area (Å²) >= 11 is 0. The van der Waals surface area contributed by atoms with Gasteiger partial charge >= 0.3 is 11.9 Å². The molecule has 2 atom stereocenters. The smallest absolute Gasteiger partial charge is 0.350 e. The lowest BCUT2D eigenvalue weighted by Crippen LogP contribution is -2.51. The van der Waals surface area contributed by atoms with Crippen molar-refractivity contribution in [3.05, 3.63) is 12.7 Å². The summed E-state index contributed by atoms with van der Waals surface area (Å²) in [6.45, 7) is 3.83. The zero-order valence-corrected chi connectivity index (χ0v) is 12.9. The van der Waals surface area contributed by atoms with Gasteiger partial charge in [0.15, 0.2) is 0 Å². The molecule has 0 aromatic heterocycles. The average Bonchev–Trinajstić information content (AvgIpc) is 2.71. The molecule has 5 heteroatoms. The Labute approximate surface area is 131 Å². The van der Waals surface area contributed by atoms with Crippen molar-refractivity contribution in [2.75, 3.05) is 6.61 Å². The fraction of sp³-hybridized carbons (Fsp3) is 0.765. The zero-order valence-electron chi connectivity index (χ0n) is 12.9. The van der Waals surface area contributed by atoms with Crippen molar-refractivity contribution in [2.24, 2.45) is 5.92 Å². The van der Waals surface area contributed by atoms with Crippen molar-refractivity contribution < 1.29 is 23.8 Å². The molecule has 0 amide bonds. The monoisotopic (exact) mass is 308 g/mol. The third-order valence-electron chi connectivity index (χ3n) is 5.19. The molecular formula is C17H24O5. The lowest BCUT2D eigenvalue weighted by Gasteiger charge is -2.45. The normalized spacial score (nSPS) is 38.0. The molecule has 0 radical (unpaired) electrons. The van der Waals surface area contributed by atoms with Gasteiger partial charge in [0.25, 0.3) is 0 Å². The number of fused-ring (bicyclic) bond motifs is 3. The second kappa shape index (κ2) is 6.41. The van der Waals surface area contributed by atoms with E-state index in [0.29, 0.717) is 31.5 Å². The molecule has 0 N–H and O–H groups in total. The van der Waals surface area contributed by atoms with Gasteiger partial charge in [-0.3, -0.25) is 0 Å². The van der Waals surface area contributed by atoms with Gasteiger partial charge in [-0.15, -0.1) is 0 Å². The van der Waals surface area contributed by atoms with Gasteiger partial charge in [0.05, 0.1) is 18.8 Å². The maximum atomic E-state index is 12.5. The summed E-state index contributed by atoms with van der Waals surface area (Å²) in [6, 6.07) is 0. The van der Waals surface area contributed by atoms with Crippen molar-refractivity contribution >= 4 is 11.9 Å². The summed E-state index contributed by atoms with van der Waals surface area (Å²) in [4.78, 5) is 24.2. The molecule has 5 nitrogen and oxygen atoms in total. The van der Waals surface area contributed by atoms with E-state index >= 15 is 0 Å². The van der Waals surface area contributed by atoms with Gasteiger partial charge in [-0.25, -0.2) is 9.59 Å². The number of esters is 2. The molecule has 3 saturated heterocycles. The van der Waals surface area contributed by atoms with Gasteiger partial charge < -0.3 is 14.2 Å². The van der Waals surface area contributed by atoms with Crippen molar-refractivity contribution in [1.82, 2.24) is 0 Å². The third kappa shape index (κ3) is 3.05. The van der Waals surface area contributed by atoms with Crippen LogP contribution in [0.3, 0.4) is 0 Å². The van der Waals surface area contributed by atoms with Crippen molar-refractivity contribution in [1.29, 1.82) is 0 Å². The molecule has 22 heavy (non-hydrogen) atoms. The van der Waals surface area contributed by atoms with E-state index in [-0.39, 0.29) is 6.10 Å². The van der Waals surface area contributed by atoms with Crippen LogP contribution in [0.15, 0.2) is 12.7 Å². The first-order chi connectivity index (χ1) is 10.6. The highest BCUT2D eigenvalue weighted by molar-refractivity contribution is 5.87. The summed E-state index contributed by atoms with van der Waals surface area (Å²) in [5, 5.41) is 0. The number of cyclic esters (lactones) is 1. The van der Waals surface area contributed by atoms with Crippen LogP contribution in [-0.2, 0) is 23.8 Å². The molecule has 0 spiro atoms. The van der Waals surface area contributed by atoms with Gasteiger partial charge in [-0.1, -0.05) is 6.58 Å². The Bertz CT molecular complexity index is 452. The molecule has 3 aliphatic heterocycles. The summed E-state index contributed by atoms with van der Waals surface area (Å²) in [6.07, 6.45) is 8.37. The highest BCUT2D eigenvalue weighted by Gasteiger charge is 2.49. The van der Waals surface area contributed by atoms with Crippen LogP contribution in [0, 0.1) is 5.92 Å². The van der Waals surface area contributed by atoms with E-state index in [1.807, 2.05) is 0 Å². The minimum absolute atomic E-state index is 0.0178. The second-order valence-corrected chi connectivity index (χ2v) is 6.63. The van der Waals surface area contributed by atoms with Crippen LogP contribution < -0.4 is 0 Å². The standard InChI is InChI=1S/C17H24O5/c1-2-15(18)22-17(9-3-4-10-20-16(17)19)11-14-12-5-7-13(21-14)8-6-12/h2,12-14H,1,3-11H2. The van der Waals surface area contributed by atoms with E-state index in [2.05, 4.69) is 6.58 Å². The van der Waals surface area contributed by atoms with Crippen LogP contribution in [0.4, 0.5) is 0 Å². The van der Waals surface area contributed by atoms with Crippen LogP contribution in [0.1, 0.15) is 51.4 Å². The molecule has 0 aromatic carbocycles. The predicted molar refractivity (Wildman–Crippen MR) is 79.1 cm³/mol. The number of ether oxygens (including phenoxy) is 3. The first kappa shape index (κ1) is 15.5. The molecule has 4 rings (SSSR count). The lowest BCUT2D eigenvalue weighted by atomic mass is 9.76. The van der Waals surface area contributed by atoms with E-state index < -0.39 is 17.5 Å². The summed E-state index contributed by atoms with van der Waals surface area (Å²) < 4.78 is 16.9. The van der Waals surface area contributed by atoms with Crippen molar-refractivity contribution in [3.8, 4) is 0 Å². The summed E-state index contributed by atoms with van der Waals surface area (Å²) in [7, 11) is 0. The SMILES string of the molecule is C=CC(=O)OC1(CC2OC3CCC2CC3)CCCCOC1=O. The zero-order chi connectivity index (χ0) is 15.6.